The molecule has 0 aromatic heterocycles. The Balaban J connectivity index is 2.45. The molecule has 5 nitrogen and oxygen atoms in total. The summed E-state index contributed by atoms with van der Waals surface area (Å²) in [6, 6.07) is -0.166. The van der Waals surface area contributed by atoms with Crippen molar-refractivity contribution in [2.24, 2.45) is 5.92 Å². The van der Waals surface area contributed by atoms with Crippen LogP contribution in [0.15, 0.2) is 0 Å². The molecule has 2 N–H and O–H groups in total. The van der Waals surface area contributed by atoms with Crippen molar-refractivity contribution in [1.29, 1.82) is 0 Å². The van der Waals surface area contributed by atoms with Crippen molar-refractivity contribution in [3.63, 3.8) is 0 Å². The van der Waals surface area contributed by atoms with E-state index in [9.17, 15) is 13.2 Å². The smallest absolute Gasteiger partial charge is 0.236 e. The van der Waals surface area contributed by atoms with Gasteiger partial charge in [-0.25, -0.2) is 8.42 Å². The van der Waals surface area contributed by atoms with Crippen LogP contribution in [0, 0.1) is 5.92 Å². The predicted molar refractivity (Wildman–Crippen MR) is 81.3 cm³/mol. The van der Waals surface area contributed by atoms with Gasteiger partial charge in [0.25, 0.3) is 0 Å². The number of hydrogen-bond acceptors (Lipinski definition) is 4. The van der Waals surface area contributed by atoms with E-state index in [0.717, 1.165) is 19.3 Å². The van der Waals surface area contributed by atoms with Crippen LogP contribution in [0.2, 0.25) is 0 Å². The monoisotopic (exact) mass is 304 g/mol. The summed E-state index contributed by atoms with van der Waals surface area (Å²) < 4.78 is 23.2. The molecule has 1 saturated carbocycles. The molecule has 0 heterocycles. The van der Waals surface area contributed by atoms with Crippen molar-refractivity contribution >= 4 is 15.7 Å². The summed E-state index contributed by atoms with van der Waals surface area (Å²) >= 11 is 0. The molecule has 0 aromatic carbocycles. The van der Waals surface area contributed by atoms with Gasteiger partial charge in [-0.1, -0.05) is 20.3 Å². The quantitative estimate of drug-likeness (QED) is 0.770. The Labute approximate surface area is 122 Å². The third kappa shape index (κ3) is 5.79. The van der Waals surface area contributed by atoms with E-state index in [-0.39, 0.29) is 23.2 Å². The second kappa shape index (κ2) is 7.41. The van der Waals surface area contributed by atoms with E-state index in [2.05, 4.69) is 24.5 Å². The van der Waals surface area contributed by atoms with Crippen LogP contribution >= 0.6 is 0 Å². The summed E-state index contributed by atoms with van der Waals surface area (Å²) in [5, 5.41) is 5.90. The molecule has 1 amide bonds. The van der Waals surface area contributed by atoms with Crippen LogP contribution in [0.25, 0.3) is 0 Å². The third-order valence-corrected chi connectivity index (χ3v) is 5.43. The van der Waals surface area contributed by atoms with Crippen LogP contribution < -0.4 is 10.6 Å². The summed E-state index contributed by atoms with van der Waals surface area (Å²) in [6.45, 7) is 6.60. The first-order valence-electron chi connectivity index (χ1n) is 7.42. The largest absolute Gasteiger partial charge is 0.354 e. The molecule has 0 aliphatic heterocycles. The van der Waals surface area contributed by atoms with E-state index in [1.807, 2.05) is 6.92 Å². The predicted octanol–water partition coefficient (Wildman–Crippen LogP) is 1.09. The number of carbonyl (C=O) groups excluding carboxylic acids is 1. The lowest BCUT2D eigenvalue weighted by Crippen LogP contribution is -2.49. The summed E-state index contributed by atoms with van der Waals surface area (Å²) in [6.07, 6.45) is 4.49. The topological polar surface area (TPSA) is 75.3 Å². The normalized spacial score (nSPS) is 25.4. The van der Waals surface area contributed by atoms with Gasteiger partial charge in [0.05, 0.1) is 11.3 Å². The van der Waals surface area contributed by atoms with E-state index in [4.69, 9.17) is 0 Å². The minimum Gasteiger partial charge on any atom is -0.354 e. The lowest BCUT2D eigenvalue weighted by molar-refractivity contribution is -0.123. The van der Waals surface area contributed by atoms with Gasteiger partial charge in [-0.05, 0) is 32.1 Å². The van der Waals surface area contributed by atoms with E-state index in [1.165, 1.54) is 6.26 Å². The lowest BCUT2D eigenvalue weighted by atomic mass is 9.94. The number of rotatable bonds is 6. The molecule has 1 rings (SSSR count). The lowest BCUT2D eigenvalue weighted by Gasteiger charge is -2.30. The van der Waals surface area contributed by atoms with E-state index in [0.29, 0.717) is 18.9 Å². The maximum Gasteiger partial charge on any atom is 0.236 e. The molecule has 0 spiro atoms. The fourth-order valence-corrected chi connectivity index (χ4v) is 3.75. The van der Waals surface area contributed by atoms with Crippen molar-refractivity contribution in [3.05, 3.63) is 0 Å². The van der Waals surface area contributed by atoms with Crippen molar-refractivity contribution in [1.82, 2.24) is 10.6 Å². The van der Waals surface area contributed by atoms with Gasteiger partial charge in [0, 0.05) is 18.8 Å². The average molecular weight is 304 g/mol. The fourth-order valence-electron chi connectivity index (χ4n) is 2.57. The zero-order valence-electron chi connectivity index (χ0n) is 13.0. The van der Waals surface area contributed by atoms with Gasteiger partial charge in [-0.15, -0.1) is 0 Å². The molecule has 0 aromatic rings. The Morgan fingerprint density at radius 1 is 1.25 bits per heavy atom. The second-order valence-electron chi connectivity index (χ2n) is 6.34. The summed E-state index contributed by atoms with van der Waals surface area (Å²) in [4.78, 5) is 11.9. The molecule has 6 heteroatoms. The maximum absolute atomic E-state index is 11.9. The fraction of sp³-hybridized carbons (Fsp3) is 0.929. The van der Waals surface area contributed by atoms with Crippen molar-refractivity contribution < 1.29 is 13.2 Å². The minimum atomic E-state index is -2.98. The Hall–Kier alpha value is -0.620. The molecule has 1 aliphatic carbocycles. The highest BCUT2D eigenvalue weighted by molar-refractivity contribution is 7.91. The Bertz CT molecular complexity index is 420. The van der Waals surface area contributed by atoms with E-state index in [1.54, 1.807) is 0 Å². The van der Waals surface area contributed by atoms with Crippen molar-refractivity contribution in [2.45, 2.75) is 63.8 Å². The summed E-state index contributed by atoms with van der Waals surface area (Å²) in [7, 11) is -2.98. The molecule has 3 unspecified atom stereocenters. The number of sulfone groups is 1. The maximum atomic E-state index is 11.9. The molecule has 1 aliphatic rings. The number of hydrogen-bond donors (Lipinski definition) is 2. The highest BCUT2D eigenvalue weighted by Gasteiger charge is 2.30. The first-order chi connectivity index (χ1) is 9.20. The highest BCUT2D eigenvalue weighted by atomic mass is 32.2. The highest BCUT2D eigenvalue weighted by Crippen LogP contribution is 2.24. The molecule has 0 saturated heterocycles. The number of carbonyl (C=O) groups is 1. The van der Waals surface area contributed by atoms with Gasteiger partial charge in [0.2, 0.25) is 5.91 Å². The van der Waals surface area contributed by atoms with Crippen LogP contribution in [0.3, 0.4) is 0 Å². The molecule has 3 atom stereocenters. The van der Waals surface area contributed by atoms with E-state index >= 15 is 0 Å². The Morgan fingerprint density at radius 3 is 2.45 bits per heavy atom. The Kier molecular flexibility index (Phi) is 6.45. The van der Waals surface area contributed by atoms with Gasteiger partial charge >= 0.3 is 0 Å². The summed E-state index contributed by atoms with van der Waals surface area (Å²) in [5.74, 6) is 0.413. The molecule has 20 heavy (non-hydrogen) atoms. The second-order valence-corrected chi connectivity index (χ2v) is 8.67. The minimum absolute atomic E-state index is 0.0137. The van der Waals surface area contributed by atoms with Gasteiger partial charge in [-0.2, -0.15) is 0 Å². The third-order valence-electron chi connectivity index (χ3n) is 3.80. The van der Waals surface area contributed by atoms with Gasteiger partial charge < -0.3 is 10.6 Å². The zero-order valence-corrected chi connectivity index (χ0v) is 13.8. The van der Waals surface area contributed by atoms with Crippen LogP contribution in [-0.2, 0) is 14.6 Å². The van der Waals surface area contributed by atoms with Gasteiger partial charge in [0.1, 0.15) is 9.84 Å². The first-order valence-corrected chi connectivity index (χ1v) is 9.38. The van der Waals surface area contributed by atoms with Crippen LogP contribution in [0.1, 0.15) is 46.5 Å². The van der Waals surface area contributed by atoms with Gasteiger partial charge in [-0.3, -0.25) is 4.79 Å². The molecular weight excluding hydrogens is 276 g/mol. The first kappa shape index (κ1) is 17.4. The molecule has 0 bridgehead atoms. The molecule has 1 fully saturated rings. The molecule has 0 radical (unpaired) electrons. The molecular formula is C14H28N2O3S. The van der Waals surface area contributed by atoms with Crippen LogP contribution in [-0.4, -0.2) is 44.5 Å². The number of amides is 1. The van der Waals surface area contributed by atoms with Crippen LogP contribution in [0.5, 0.6) is 0 Å². The Morgan fingerprint density at radius 2 is 1.90 bits per heavy atom. The van der Waals surface area contributed by atoms with Crippen LogP contribution in [0.4, 0.5) is 0 Å². The number of nitrogens with one attached hydrogen (secondary N) is 2. The van der Waals surface area contributed by atoms with Crippen molar-refractivity contribution in [3.8, 4) is 0 Å². The SMILES string of the molecule is CC(C)CNC(=O)C(C)NC1CCCC(S(C)(=O)=O)C1. The van der Waals surface area contributed by atoms with Gasteiger partial charge in [0.15, 0.2) is 0 Å². The average Bonchev–Trinajstić information content (AvgIpc) is 2.35. The zero-order chi connectivity index (χ0) is 15.3. The van der Waals surface area contributed by atoms with E-state index < -0.39 is 9.84 Å². The summed E-state index contributed by atoms with van der Waals surface area (Å²) in [5.41, 5.74) is 0. The molecule has 118 valence electrons. The van der Waals surface area contributed by atoms with Crippen molar-refractivity contribution in [2.75, 3.05) is 12.8 Å². The standard InChI is InChI=1S/C14H28N2O3S/c1-10(2)9-15-14(17)11(3)16-12-6-5-7-13(8-12)20(4,18)19/h10-13,16H,5-9H2,1-4H3,(H,15,17).